The molecule has 1 heteroatoms. The Bertz CT molecular complexity index is 445. The molecule has 3 unspecified atom stereocenters. The summed E-state index contributed by atoms with van der Waals surface area (Å²) in [5, 5.41) is 3.96. The van der Waals surface area contributed by atoms with Crippen molar-refractivity contribution >= 4 is 0 Å². The second-order valence-corrected chi connectivity index (χ2v) is 7.65. The molecular weight excluding hydrogens is 230 g/mol. The SMILES string of the molecule is C[C@@H](NC1C2(C)CCC(C2)C1(C)C)c1ccccc1. The third kappa shape index (κ3) is 2.03. The first-order valence-corrected chi connectivity index (χ1v) is 7.74. The Morgan fingerprint density at radius 1 is 1.16 bits per heavy atom. The van der Waals surface area contributed by atoms with Gasteiger partial charge in [0.1, 0.15) is 0 Å². The molecule has 0 spiro atoms. The molecule has 1 nitrogen and oxygen atoms in total. The van der Waals surface area contributed by atoms with Crippen LogP contribution in [0.3, 0.4) is 0 Å². The molecule has 1 aromatic carbocycles. The van der Waals surface area contributed by atoms with E-state index in [1.54, 1.807) is 0 Å². The Hall–Kier alpha value is -0.820. The zero-order chi connectivity index (χ0) is 13.7. The fourth-order valence-electron chi connectivity index (χ4n) is 4.81. The van der Waals surface area contributed by atoms with Crippen LogP contribution >= 0.6 is 0 Å². The van der Waals surface area contributed by atoms with E-state index in [0.717, 1.165) is 5.92 Å². The molecule has 2 saturated carbocycles. The summed E-state index contributed by atoms with van der Waals surface area (Å²) in [4.78, 5) is 0. The van der Waals surface area contributed by atoms with Crippen molar-refractivity contribution in [3.05, 3.63) is 35.9 Å². The average Bonchev–Trinajstić information content (AvgIpc) is 2.87. The summed E-state index contributed by atoms with van der Waals surface area (Å²) < 4.78 is 0. The van der Waals surface area contributed by atoms with E-state index in [4.69, 9.17) is 0 Å². The van der Waals surface area contributed by atoms with Crippen LogP contribution in [0.15, 0.2) is 30.3 Å². The maximum atomic E-state index is 3.96. The Morgan fingerprint density at radius 3 is 2.42 bits per heavy atom. The van der Waals surface area contributed by atoms with Gasteiger partial charge < -0.3 is 5.32 Å². The number of benzene rings is 1. The molecule has 2 aliphatic rings. The van der Waals surface area contributed by atoms with Crippen molar-refractivity contribution in [1.29, 1.82) is 0 Å². The van der Waals surface area contributed by atoms with E-state index in [9.17, 15) is 0 Å². The number of fused-ring (bicyclic) bond motifs is 2. The molecule has 0 saturated heterocycles. The Kier molecular flexibility index (Phi) is 3.01. The number of nitrogens with one attached hydrogen (secondary N) is 1. The van der Waals surface area contributed by atoms with Gasteiger partial charge in [-0.2, -0.15) is 0 Å². The van der Waals surface area contributed by atoms with Crippen LogP contribution in [0, 0.1) is 16.7 Å². The van der Waals surface area contributed by atoms with E-state index < -0.39 is 0 Å². The Morgan fingerprint density at radius 2 is 1.84 bits per heavy atom. The average molecular weight is 257 g/mol. The largest absolute Gasteiger partial charge is 0.306 e. The summed E-state index contributed by atoms with van der Waals surface area (Å²) in [7, 11) is 0. The third-order valence-electron chi connectivity index (χ3n) is 5.99. The van der Waals surface area contributed by atoms with Crippen LogP contribution in [0.5, 0.6) is 0 Å². The van der Waals surface area contributed by atoms with Gasteiger partial charge in [0.2, 0.25) is 0 Å². The van der Waals surface area contributed by atoms with Gasteiger partial charge in [-0.15, -0.1) is 0 Å². The minimum atomic E-state index is 0.441. The van der Waals surface area contributed by atoms with Crippen molar-refractivity contribution in [3.8, 4) is 0 Å². The summed E-state index contributed by atoms with van der Waals surface area (Å²) in [6, 6.07) is 11.9. The van der Waals surface area contributed by atoms with E-state index in [1.165, 1.54) is 24.8 Å². The van der Waals surface area contributed by atoms with Crippen LogP contribution in [-0.2, 0) is 0 Å². The van der Waals surface area contributed by atoms with Crippen molar-refractivity contribution in [2.24, 2.45) is 16.7 Å². The first-order valence-electron chi connectivity index (χ1n) is 7.74. The van der Waals surface area contributed by atoms with Gasteiger partial charge in [-0.05, 0) is 48.5 Å². The maximum absolute atomic E-state index is 3.96. The quantitative estimate of drug-likeness (QED) is 0.837. The van der Waals surface area contributed by atoms with Gasteiger partial charge in [0.05, 0.1) is 0 Å². The molecule has 104 valence electrons. The molecule has 0 amide bonds. The van der Waals surface area contributed by atoms with Gasteiger partial charge in [-0.3, -0.25) is 0 Å². The summed E-state index contributed by atoms with van der Waals surface area (Å²) >= 11 is 0. The van der Waals surface area contributed by atoms with E-state index in [-0.39, 0.29) is 0 Å². The summed E-state index contributed by atoms with van der Waals surface area (Å²) in [6.07, 6.45) is 4.25. The highest BCUT2D eigenvalue weighted by Gasteiger charge is 2.59. The van der Waals surface area contributed by atoms with Gasteiger partial charge in [0.25, 0.3) is 0 Å². The zero-order valence-electron chi connectivity index (χ0n) is 12.7. The monoisotopic (exact) mass is 257 g/mol. The normalized spacial score (nSPS) is 37.5. The lowest BCUT2D eigenvalue weighted by molar-refractivity contribution is 0.100. The van der Waals surface area contributed by atoms with E-state index in [1.807, 2.05) is 0 Å². The molecule has 0 aliphatic heterocycles. The van der Waals surface area contributed by atoms with Crippen molar-refractivity contribution in [2.75, 3.05) is 0 Å². The van der Waals surface area contributed by atoms with Crippen molar-refractivity contribution < 1.29 is 0 Å². The third-order valence-corrected chi connectivity index (χ3v) is 5.99. The molecule has 2 fully saturated rings. The second-order valence-electron chi connectivity index (χ2n) is 7.65. The predicted octanol–water partition coefficient (Wildman–Crippen LogP) is 4.55. The van der Waals surface area contributed by atoms with Crippen LogP contribution in [0.1, 0.15) is 58.6 Å². The van der Waals surface area contributed by atoms with Crippen molar-refractivity contribution in [3.63, 3.8) is 0 Å². The molecule has 19 heavy (non-hydrogen) atoms. The van der Waals surface area contributed by atoms with Crippen LogP contribution < -0.4 is 5.32 Å². The second kappa shape index (κ2) is 4.34. The molecule has 3 rings (SSSR count). The molecule has 4 atom stereocenters. The molecule has 2 aliphatic carbocycles. The zero-order valence-corrected chi connectivity index (χ0v) is 12.7. The first-order chi connectivity index (χ1) is 8.93. The predicted molar refractivity (Wildman–Crippen MR) is 81.0 cm³/mol. The minimum Gasteiger partial charge on any atom is -0.306 e. The standard InChI is InChI=1S/C18H27N/c1-13(14-8-6-5-7-9-14)19-16-17(2,3)15-10-11-18(16,4)12-15/h5-9,13,15-16,19H,10-12H2,1-4H3/t13-,15?,16?,18?/m1/s1. The van der Waals surface area contributed by atoms with Crippen LogP contribution in [0.2, 0.25) is 0 Å². The lowest BCUT2D eigenvalue weighted by Gasteiger charge is -2.44. The Labute approximate surface area is 117 Å². The van der Waals surface area contributed by atoms with Crippen LogP contribution in [0.4, 0.5) is 0 Å². The fraction of sp³-hybridized carbons (Fsp3) is 0.667. The topological polar surface area (TPSA) is 12.0 Å². The van der Waals surface area contributed by atoms with Gasteiger partial charge in [-0.1, -0.05) is 51.1 Å². The van der Waals surface area contributed by atoms with Crippen molar-refractivity contribution in [1.82, 2.24) is 5.32 Å². The van der Waals surface area contributed by atoms with Gasteiger partial charge in [0.15, 0.2) is 0 Å². The highest BCUT2D eigenvalue weighted by atomic mass is 15.0. The summed E-state index contributed by atoms with van der Waals surface area (Å²) in [5.41, 5.74) is 2.36. The van der Waals surface area contributed by atoms with E-state index in [2.05, 4.69) is 63.3 Å². The van der Waals surface area contributed by atoms with Crippen LogP contribution in [-0.4, -0.2) is 6.04 Å². The van der Waals surface area contributed by atoms with Gasteiger partial charge in [-0.25, -0.2) is 0 Å². The smallest absolute Gasteiger partial charge is 0.0294 e. The highest BCUT2D eigenvalue weighted by Crippen LogP contribution is 2.62. The molecule has 1 N–H and O–H groups in total. The summed E-state index contributed by atoms with van der Waals surface area (Å²) in [6.45, 7) is 9.74. The number of hydrogen-bond acceptors (Lipinski definition) is 1. The molecule has 0 radical (unpaired) electrons. The van der Waals surface area contributed by atoms with Gasteiger partial charge >= 0.3 is 0 Å². The molecule has 0 aromatic heterocycles. The highest BCUT2D eigenvalue weighted by molar-refractivity contribution is 5.20. The van der Waals surface area contributed by atoms with E-state index in [0.29, 0.717) is 22.9 Å². The number of hydrogen-bond donors (Lipinski definition) is 1. The number of rotatable bonds is 3. The van der Waals surface area contributed by atoms with E-state index >= 15 is 0 Å². The van der Waals surface area contributed by atoms with Gasteiger partial charge in [0, 0.05) is 12.1 Å². The van der Waals surface area contributed by atoms with Crippen LogP contribution in [0.25, 0.3) is 0 Å². The minimum absolute atomic E-state index is 0.441. The molecular formula is C18H27N. The lowest BCUT2D eigenvalue weighted by atomic mass is 9.68. The first kappa shape index (κ1) is 13.2. The summed E-state index contributed by atoms with van der Waals surface area (Å²) in [5.74, 6) is 0.915. The fourth-order valence-corrected chi connectivity index (χ4v) is 4.81. The molecule has 2 bridgehead atoms. The maximum Gasteiger partial charge on any atom is 0.0294 e. The molecule has 1 aromatic rings. The molecule has 0 heterocycles. The Balaban J connectivity index is 1.80. The lowest BCUT2D eigenvalue weighted by Crippen LogP contribution is -2.50. The van der Waals surface area contributed by atoms with Crippen molar-refractivity contribution in [2.45, 2.75) is 59.0 Å².